The Kier molecular flexibility index (Phi) is 3.91. The molecule has 0 N–H and O–H groups in total. The van der Waals surface area contributed by atoms with Crippen molar-refractivity contribution in [1.29, 1.82) is 0 Å². The van der Waals surface area contributed by atoms with Crippen molar-refractivity contribution in [2.75, 3.05) is 19.8 Å². The number of aromatic nitrogens is 2. The van der Waals surface area contributed by atoms with Gasteiger partial charge in [0, 0.05) is 38.0 Å². The first-order chi connectivity index (χ1) is 11.2. The van der Waals surface area contributed by atoms with Gasteiger partial charge >= 0.3 is 0 Å². The molecule has 0 bridgehead atoms. The van der Waals surface area contributed by atoms with E-state index in [1.807, 2.05) is 19.1 Å². The highest BCUT2D eigenvalue weighted by atomic mass is 16.5. The number of rotatable bonds is 5. The van der Waals surface area contributed by atoms with Crippen LogP contribution in [0.4, 0.5) is 0 Å². The topological polar surface area (TPSA) is 46.8 Å². The van der Waals surface area contributed by atoms with Crippen molar-refractivity contribution in [1.82, 2.24) is 14.3 Å². The molecule has 5 nitrogen and oxygen atoms in total. The van der Waals surface area contributed by atoms with E-state index in [9.17, 15) is 4.79 Å². The molecule has 0 spiro atoms. The van der Waals surface area contributed by atoms with Crippen molar-refractivity contribution in [2.45, 2.75) is 38.8 Å². The highest BCUT2D eigenvalue weighted by Gasteiger charge is 2.31. The maximum atomic E-state index is 12.3. The van der Waals surface area contributed by atoms with Gasteiger partial charge in [-0.25, -0.2) is 4.98 Å². The Morgan fingerprint density at radius 1 is 1.39 bits per heavy atom. The molecule has 5 heteroatoms. The molecule has 1 aliphatic heterocycles. The number of hydrogen-bond donors (Lipinski definition) is 0. The van der Waals surface area contributed by atoms with Gasteiger partial charge < -0.3 is 4.74 Å². The van der Waals surface area contributed by atoms with Gasteiger partial charge in [-0.2, -0.15) is 0 Å². The first-order valence-electron chi connectivity index (χ1n) is 8.50. The molecule has 1 atom stereocenters. The number of ether oxygens (including phenoxy) is 1. The summed E-state index contributed by atoms with van der Waals surface area (Å²) in [4.78, 5) is 19.6. The van der Waals surface area contributed by atoms with Crippen molar-refractivity contribution < 1.29 is 4.74 Å². The van der Waals surface area contributed by atoms with Gasteiger partial charge in [0.2, 0.25) is 0 Å². The first kappa shape index (κ1) is 14.8. The van der Waals surface area contributed by atoms with Crippen molar-refractivity contribution in [3.8, 4) is 0 Å². The molecule has 2 fully saturated rings. The Morgan fingerprint density at radius 3 is 3.00 bits per heavy atom. The largest absolute Gasteiger partial charge is 0.381 e. The van der Waals surface area contributed by atoms with Crippen LogP contribution in [0.15, 0.2) is 29.2 Å². The normalized spacial score (nSPS) is 21.4. The van der Waals surface area contributed by atoms with Gasteiger partial charge in [-0.3, -0.25) is 14.1 Å². The average Bonchev–Trinajstić information content (AvgIpc) is 3.26. The summed E-state index contributed by atoms with van der Waals surface area (Å²) < 4.78 is 7.14. The van der Waals surface area contributed by atoms with Gasteiger partial charge in [0.25, 0.3) is 5.56 Å². The smallest absolute Gasteiger partial charge is 0.258 e. The predicted molar refractivity (Wildman–Crippen MR) is 88.6 cm³/mol. The quantitative estimate of drug-likeness (QED) is 0.847. The summed E-state index contributed by atoms with van der Waals surface area (Å²) in [5.74, 6) is 0.624. The second-order valence-electron chi connectivity index (χ2n) is 6.86. The van der Waals surface area contributed by atoms with Gasteiger partial charge in [0.1, 0.15) is 5.65 Å². The zero-order valence-electron chi connectivity index (χ0n) is 13.6. The lowest BCUT2D eigenvalue weighted by atomic mass is 10.1. The van der Waals surface area contributed by atoms with Crippen molar-refractivity contribution in [2.24, 2.45) is 5.92 Å². The number of hydrogen-bond acceptors (Lipinski definition) is 4. The lowest BCUT2D eigenvalue weighted by molar-refractivity contribution is 0.161. The van der Waals surface area contributed by atoms with E-state index in [0.717, 1.165) is 49.6 Å². The van der Waals surface area contributed by atoms with Crippen LogP contribution in [0, 0.1) is 12.8 Å². The molecule has 1 saturated carbocycles. The van der Waals surface area contributed by atoms with Crippen molar-refractivity contribution in [3.05, 3.63) is 46.0 Å². The molecule has 0 amide bonds. The Morgan fingerprint density at radius 2 is 2.26 bits per heavy atom. The fourth-order valence-electron chi connectivity index (χ4n) is 3.44. The Labute approximate surface area is 135 Å². The number of fused-ring (bicyclic) bond motifs is 1. The van der Waals surface area contributed by atoms with Crippen LogP contribution in [-0.4, -0.2) is 40.1 Å². The van der Waals surface area contributed by atoms with Crippen LogP contribution in [0.3, 0.4) is 0 Å². The van der Waals surface area contributed by atoms with E-state index in [1.165, 1.54) is 12.8 Å². The molecule has 4 rings (SSSR count). The zero-order valence-corrected chi connectivity index (χ0v) is 13.6. The number of aryl methyl sites for hydroxylation is 1. The van der Waals surface area contributed by atoms with Gasteiger partial charge in [-0.1, -0.05) is 6.07 Å². The molecule has 122 valence electrons. The van der Waals surface area contributed by atoms with Crippen LogP contribution in [-0.2, 0) is 11.3 Å². The van der Waals surface area contributed by atoms with E-state index >= 15 is 0 Å². The summed E-state index contributed by atoms with van der Waals surface area (Å²) >= 11 is 0. The second-order valence-corrected chi connectivity index (χ2v) is 6.86. The number of nitrogens with zero attached hydrogens (tertiary/aromatic N) is 3. The molecular formula is C18H23N3O2. The predicted octanol–water partition coefficient (Wildman–Crippen LogP) is 2.00. The summed E-state index contributed by atoms with van der Waals surface area (Å²) in [7, 11) is 0. The average molecular weight is 313 g/mol. The first-order valence-corrected chi connectivity index (χ1v) is 8.50. The summed E-state index contributed by atoms with van der Waals surface area (Å²) in [6.45, 7) is 5.58. The lowest BCUT2D eigenvalue weighted by Crippen LogP contribution is -2.32. The number of pyridine rings is 1. The van der Waals surface area contributed by atoms with Crippen LogP contribution in [0.25, 0.3) is 5.65 Å². The maximum absolute atomic E-state index is 12.3. The molecule has 23 heavy (non-hydrogen) atoms. The maximum Gasteiger partial charge on any atom is 0.258 e. The summed E-state index contributed by atoms with van der Waals surface area (Å²) in [5, 5.41) is 0. The third-order valence-electron chi connectivity index (χ3n) is 4.88. The summed E-state index contributed by atoms with van der Waals surface area (Å²) in [5.41, 5.74) is 2.70. The zero-order chi connectivity index (χ0) is 15.8. The highest BCUT2D eigenvalue weighted by molar-refractivity contribution is 5.46. The Balaban J connectivity index is 1.60. The van der Waals surface area contributed by atoms with Crippen LogP contribution in [0.2, 0.25) is 0 Å². The molecule has 2 aliphatic rings. The standard InChI is InChI=1S/C18H23N3O2/c1-13-3-2-7-21-17(22)9-15(19-18(13)21)11-20(16-4-5-16)10-14-6-8-23-12-14/h2-3,7,9,14,16H,4-6,8,10-12H2,1H3/t14-/m0/s1. The SMILES string of the molecule is Cc1cccn2c(=O)cc(CN(C[C@@H]3CCOC3)C3CC3)nc12. The molecule has 2 aromatic heterocycles. The van der Waals surface area contributed by atoms with E-state index in [1.54, 1.807) is 16.7 Å². The second kappa shape index (κ2) is 6.06. The molecule has 1 saturated heterocycles. The molecule has 0 aromatic carbocycles. The monoisotopic (exact) mass is 313 g/mol. The van der Waals surface area contributed by atoms with Gasteiger partial charge in [0.05, 0.1) is 12.3 Å². The third kappa shape index (κ3) is 3.16. The molecule has 1 aliphatic carbocycles. The van der Waals surface area contributed by atoms with E-state index in [2.05, 4.69) is 4.90 Å². The molecule has 2 aromatic rings. The third-order valence-corrected chi connectivity index (χ3v) is 4.88. The van der Waals surface area contributed by atoms with E-state index < -0.39 is 0 Å². The van der Waals surface area contributed by atoms with Crippen molar-refractivity contribution >= 4 is 5.65 Å². The van der Waals surface area contributed by atoms with Crippen molar-refractivity contribution in [3.63, 3.8) is 0 Å². The Bertz CT molecular complexity index is 760. The van der Waals surface area contributed by atoms with Crippen LogP contribution < -0.4 is 5.56 Å². The van der Waals surface area contributed by atoms with E-state index in [0.29, 0.717) is 12.0 Å². The fourth-order valence-corrected chi connectivity index (χ4v) is 3.44. The van der Waals surface area contributed by atoms with Crippen LogP contribution >= 0.6 is 0 Å². The summed E-state index contributed by atoms with van der Waals surface area (Å²) in [6, 6.07) is 6.24. The summed E-state index contributed by atoms with van der Waals surface area (Å²) in [6.07, 6.45) is 5.46. The Hall–Kier alpha value is -1.72. The van der Waals surface area contributed by atoms with Crippen LogP contribution in [0.1, 0.15) is 30.5 Å². The van der Waals surface area contributed by atoms with E-state index in [-0.39, 0.29) is 5.56 Å². The van der Waals surface area contributed by atoms with Gasteiger partial charge in [0.15, 0.2) is 0 Å². The lowest BCUT2D eigenvalue weighted by Gasteiger charge is -2.24. The van der Waals surface area contributed by atoms with Crippen LogP contribution in [0.5, 0.6) is 0 Å². The van der Waals surface area contributed by atoms with Gasteiger partial charge in [-0.15, -0.1) is 0 Å². The van der Waals surface area contributed by atoms with Gasteiger partial charge in [-0.05, 0) is 43.7 Å². The molecular weight excluding hydrogens is 290 g/mol. The minimum Gasteiger partial charge on any atom is -0.381 e. The molecule has 3 heterocycles. The molecule has 0 unspecified atom stereocenters. The minimum absolute atomic E-state index is 0.00801. The fraction of sp³-hybridized carbons (Fsp3) is 0.556. The minimum atomic E-state index is 0.00801. The van der Waals surface area contributed by atoms with E-state index in [4.69, 9.17) is 9.72 Å². The molecule has 0 radical (unpaired) electrons. The highest BCUT2D eigenvalue weighted by Crippen LogP contribution is 2.30.